The molecule has 0 amide bonds. The minimum Gasteiger partial charge on any atom is -0.397 e. The summed E-state index contributed by atoms with van der Waals surface area (Å²) in [5, 5.41) is 17.4. The van der Waals surface area contributed by atoms with E-state index in [2.05, 4.69) is 167 Å². The highest BCUT2D eigenvalue weighted by Gasteiger charge is 2.24. The second-order valence-electron chi connectivity index (χ2n) is 14.5. The van der Waals surface area contributed by atoms with Crippen LogP contribution in [0, 0.1) is 27.7 Å². The second-order valence-corrected chi connectivity index (χ2v) is 14.5. The Labute approximate surface area is 306 Å². The van der Waals surface area contributed by atoms with Crippen LogP contribution in [0.3, 0.4) is 0 Å². The lowest BCUT2D eigenvalue weighted by molar-refractivity contribution is 0.808. The van der Waals surface area contributed by atoms with Crippen LogP contribution in [-0.4, -0.2) is 6.54 Å². The van der Waals surface area contributed by atoms with Gasteiger partial charge in [0.15, 0.2) is 0 Å². The van der Waals surface area contributed by atoms with Crippen LogP contribution < -0.4 is 22.1 Å². The van der Waals surface area contributed by atoms with Crippen molar-refractivity contribution in [2.24, 2.45) is 0 Å². The third-order valence-electron chi connectivity index (χ3n) is 10.7. The number of rotatable bonds is 3. The molecule has 0 saturated carbocycles. The maximum atomic E-state index is 6.18. The number of nitrogens with one attached hydrogen (secondary N) is 2. The number of fused-ring (bicyclic) bond motifs is 9. The molecule has 1 aliphatic heterocycles. The molecule has 9 rings (SSSR count). The zero-order valence-corrected chi connectivity index (χ0v) is 30.7. The predicted molar refractivity (Wildman–Crippen MR) is 227 cm³/mol. The molecule has 1 aliphatic rings. The van der Waals surface area contributed by atoms with Gasteiger partial charge in [0.05, 0.1) is 28.8 Å². The van der Waals surface area contributed by atoms with Crippen molar-refractivity contribution >= 4 is 65.8 Å². The summed E-state index contributed by atoms with van der Waals surface area (Å²) < 4.78 is 0. The molecule has 52 heavy (non-hydrogen) atoms. The molecule has 8 aromatic rings. The molecule has 6 N–H and O–H groups in total. The maximum absolute atomic E-state index is 6.18. The monoisotopic (exact) mass is 678 g/mol. The lowest BCUT2D eigenvalue weighted by Gasteiger charge is -2.31. The van der Waals surface area contributed by atoms with Crippen LogP contribution in [0.1, 0.15) is 46.3 Å². The van der Waals surface area contributed by atoms with E-state index in [1.807, 2.05) is 0 Å². The first-order valence-electron chi connectivity index (χ1n) is 18.3. The fourth-order valence-electron chi connectivity index (χ4n) is 7.86. The molecule has 258 valence electrons. The van der Waals surface area contributed by atoms with Gasteiger partial charge < -0.3 is 22.1 Å². The Morgan fingerprint density at radius 3 is 1.50 bits per heavy atom. The zero-order valence-electron chi connectivity index (χ0n) is 30.7. The molecule has 0 saturated heterocycles. The summed E-state index contributed by atoms with van der Waals surface area (Å²) in [5.74, 6) is 0. The third-order valence-corrected chi connectivity index (χ3v) is 10.7. The van der Waals surface area contributed by atoms with Gasteiger partial charge in [0.25, 0.3) is 0 Å². The van der Waals surface area contributed by atoms with E-state index in [4.69, 9.17) is 11.5 Å². The molecule has 0 spiro atoms. The molecular weight excluding hydrogens is 633 g/mol. The van der Waals surface area contributed by atoms with Gasteiger partial charge >= 0.3 is 0 Å². The van der Waals surface area contributed by atoms with Gasteiger partial charge in [-0.05, 0) is 108 Å². The van der Waals surface area contributed by atoms with Crippen molar-refractivity contribution < 1.29 is 0 Å². The maximum Gasteiger partial charge on any atom is 0.0687 e. The zero-order chi connectivity index (χ0) is 36.1. The first-order valence-corrected chi connectivity index (χ1v) is 18.3. The van der Waals surface area contributed by atoms with Crippen molar-refractivity contribution in [2.45, 2.75) is 47.1 Å². The number of anilines is 4. The molecule has 0 fully saturated rings. The molecule has 1 atom stereocenters. The van der Waals surface area contributed by atoms with E-state index >= 15 is 0 Å². The number of hydrogen-bond donors (Lipinski definition) is 4. The fourth-order valence-corrected chi connectivity index (χ4v) is 7.86. The molecule has 0 aromatic heterocycles. The highest BCUT2D eigenvalue weighted by atomic mass is 15.1. The lowest BCUT2D eigenvalue weighted by Crippen LogP contribution is -2.26. The Morgan fingerprint density at radius 2 is 0.962 bits per heavy atom. The van der Waals surface area contributed by atoms with Crippen molar-refractivity contribution in [3.63, 3.8) is 0 Å². The van der Waals surface area contributed by atoms with Crippen LogP contribution in [0.5, 0.6) is 0 Å². The fraction of sp³-hybridized carbons (Fsp3) is 0.167. The smallest absolute Gasteiger partial charge is 0.0687 e. The SMILES string of the molecule is CCc1cccc(-c2cccc(C3CNc4c(c5cc(C)ccc5c5ccc(C)cc45)N3)c2)c1.Cc1ccc2c(c1)c(N)c(N)c1cc(C)ccc12. The molecule has 4 heteroatoms. The first kappa shape index (κ1) is 33.2. The number of aryl methyl sites for hydroxylation is 5. The minimum absolute atomic E-state index is 0.202. The van der Waals surface area contributed by atoms with E-state index in [-0.39, 0.29) is 6.04 Å². The molecule has 4 nitrogen and oxygen atoms in total. The summed E-state index contributed by atoms with van der Waals surface area (Å²) in [6.07, 6.45) is 1.05. The number of nitrogens with two attached hydrogens (primary N) is 2. The molecule has 1 unspecified atom stereocenters. The van der Waals surface area contributed by atoms with Crippen molar-refractivity contribution in [3.05, 3.63) is 155 Å². The summed E-state index contributed by atoms with van der Waals surface area (Å²) in [6.45, 7) is 11.5. The minimum atomic E-state index is 0.202. The van der Waals surface area contributed by atoms with Gasteiger partial charge in [0, 0.05) is 28.1 Å². The van der Waals surface area contributed by atoms with Crippen LogP contribution in [0.2, 0.25) is 0 Å². The standard InChI is InChI=1S/C32H30N2.C16H16N2/c1-4-22-7-5-8-23(17-22)24-9-6-10-25(18-24)30-19-33-31-28-15-20(2)11-13-26(28)27-14-12-21(3)16-29(27)32(31)34-30;1-9-3-5-11-12-6-4-10(2)8-14(12)16(18)15(17)13(11)7-9/h5-18,30,33-34H,4,19H2,1-3H3;3-8H,17-18H2,1-2H3. The third kappa shape index (κ3) is 5.94. The van der Waals surface area contributed by atoms with Crippen LogP contribution in [0.4, 0.5) is 22.7 Å². The topological polar surface area (TPSA) is 76.1 Å². The highest BCUT2D eigenvalue weighted by molar-refractivity contribution is 6.21. The summed E-state index contributed by atoms with van der Waals surface area (Å²) in [5.41, 5.74) is 26.4. The molecular formula is C48H46N4. The normalized spacial score (nSPS) is 13.8. The molecule has 8 aromatic carbocycles. The average molecular weight is 679 g/mol. The summed E-state index contributed by atoms with van der Waals surface area (Å²) in [4.78, 5) is 0. The Kier molecular flexibility index (Phi) is 8.47. The Bertz CT molecular complexity index is 2600. The van der Waals surface area contributed by atoms with Gasteiger partial charge in [-0.25, -0.2) is 0 Å². The Hall–Kier alpha value is -6.00. The molecule has 0 aliphatic carbocycles. The van der Waals surface area contributed by atoms with Gasteiger partial charge in [-0.2, -0.15) is 0 Å². The van der Waals surface area contributed by atoms with E-state index < -0.39 is 0 Å². The Balaban J connectivity index is 0.000000181. The van der Waals surface area contributed by atoms with Crippen molar-refractivity contribution in [2.75, 3.05) is 28.6 Å². The summed E-state index contributed by atoms with van der Waals surface area (Å²) in [7, 11) is 0. The highest BCUT2D eigenvalue weighted by Crippen LogP contribution is 2.45. The first-order chi connectivity index (χ1) is 25.2. The Morgan fingerprint density at radius 1 is 0.500 bits per heavy atom. The largest absolute Gasteiger partial charge is 0.397 e. The van der Waals surface area contributed by atoms with Crippen LogP contribution in [-0.2, 0) is 6.42 Å². The number of hydrogen-bond acceptors (Lipinski definition) is 4. The van der Waals surface area contributed by atoms with Crippen LogP contribution in [0.25, 0.3) is 54.2 Å². The summed E-state index contributed by atoms with van der Waals surface area (Å²) >= 11 is 0. The van der Waals surface area contributed by atoms with Gasteiger partial charge in [-0.3, -0.25) is 0 Å². The van der Waals surface area contributed by atoms with Crippen LogP contribution in [0.15, 0.2) is 121 Å². The molecule has 0 bridgehead atoms. The van der Waals surface area contributed by atoms with Gasteiger partial charge in [0.1, 0.15) is 0 Å². The second kappa shape index (κ2) is 13.3. The van der Waals surface area contributed by atoms with E-state index in [9.17, 15) is 0 Å². The van der Waals surface area contributed by atoms with Crippen LogP contribution >= 0.6 is 0 Å². The van der Waals surface area contributed by atoms with Gasteiger partial charge in [-0.1, -0.05) is 120 Å². The van der Waals surface area contributed by atoms with Crippen molar-refractivity contribution in [3.8, 4) is 11.1 Å². The number of benzene rings is 8. The van der Waals surface area contributed by atoms with E-state index in [1.165, 1.54) is 88.2 Å². The van der Waals surface area contributed by atoms with Gasteiger partial charge in [-0.15, -0.1) is 0 Å². The van der Waals surface area contributed by atoms with E-state index in [1.54, 1.807) is 0 Å². The van der Waals surface area contributed by atoms with Gasteiger partial charge in [0.2, 0.25) is 0 Å². The average Bonchev–Trinajstić information content (AvgIpc) is 3.17. The molecule has 0 radical (unpaired) electrons. The predicted octanol–water partition coefficient (Wildman–Crippen LogP) is 12.2. The quantitative estimate of drug-likeness (QED) is 0.0852. The van der Waals surface area contributed by atoms with Crippen molar-refractivity contribution in [1.82, 2.24) is 0 Å². The lowest BCUT2D eigenvalue weighted by atomic mass is 9.92. The van der Waals surface area contributed by atoms with E-state index in [0.717, 1.165) is 23.7 Å². The van der Waals surface area contributed by atoms with E-state index in [0.29, 0.717) is 11.4 Å². The number of nitrogen functional groups attached to an aromatic ring is 2. The summed E-state index contributed by atoms with van der Waals surface area (Å²) in [6, 6.07) is 44.4. The molecule has 1 heterocycles. The van der Waals surface area contributed by atoms with Crippen molar-refractivity contribution in [1.29, 1.82) is 0 Å².